The van der Waals surface area contributed by atoms with Crippen LogP contribution in [0.25, 0.3) is 0 Å². The van der Waals surface area contributed by atoms with Gasteiger partial charge in [-0.15, -0.1) is 0 Å². The summed E-state index contributed by atoms with van der Waals surface area (Å²) in [7, 11) is 5.83. The molecule has 0 heterocycles. The fourth-order valence-electron chi connectivity index (χ4n) is 4.69. The zero-order valence-electron chi connectivity index (χ0n) is 22.0. The standard InChI is InChI=1S/C27H40O10/c1-6-11-26(32,14-17-12-19(34-2)7-9-22(17)36-4)25(31)27(33,24(30)21(29)16-28)15-18-13-20(35-3)8-10-23(18)37-5/h7-10,12-13,21,24-25,28-33H,6,11,14-16H2,1-5H3/t21-,24+,25+,26?,27+/m0/s1. The molecule has 1 unspecified atom stereocenters. The third kappa shape index (κ3) is 6.84. The summed E-state index contributed by atoms with van der Waals surface area (Å²) in [5.41, 5.74) is -3.69. The van der Waals surface area contributed by atoms with E-state index in [4.69, 9.17) is 18.9 Å². The maximum atomic E-state index is 11.9. The fraction of sp³-hybridized carbons (Fsp3) is 0.556. The molecule has 0 amide bonds. The lowest BCUT2D eigenvalue weighted by molar-refractivity contribution is -0.230. The molecule has 0 bridgehead atoms. The highest BCUT2D eigenvalue weighted by Gasteiger charge is 2.54. The van der Waals surface area contributed by atoms with Crippen LogP contribution >= 0.6 is 0 Å². The van der Waals surface area contributed by atoms with E-state index in [0.717, 1.165) is 0 Å². The highest BCUT2D eigenvalue weighted by atomic mass is 16.5. The van der Waals surface area contributed by atoms with Gasteiger partial charge in [0, 0.05) is 24.0 Å². The number of aliphatic hydroxyl groups excluding tert-OH is 4. The molecule has 10 heteroatoms. The molecular formula is C27H40O10. The minimum Gasteiger partial charge on any atom is -0.497 e. The average molecular weight is 525 g/mol. The summed E-state index contributed by atoms with van der Waals surface area (Å²) in [4.78, 5) is 0. The fourth-order valence-corrected chi connectivity index (χ4v) is 4.69. The quantitative estimate of drug-likeness (QED) is 0.197. The van der Waals surface area contributed by atoms with Gasteiger partial charge >= 0.3 is 0 Å². The Labute approximate surface area is 217 Å². The van der Waals surface area contributed by atoms with E-state index in [1.54, 1.807) is 43.3 Å². The lowest BCUT2D eigenvalue weighted by Crippen LogP contribution is -2.66. The largest absolute Gasteiger partial charge is 0.497 e. The maximum absolute atomic E-state index is 11.9. The molecule has 6 N–H and O–H groups in total. The number of aliphatic hydroxyl groups is 6. The van der Waals surface area contributed by atoms with Crippen LogP contribution in [0.15, 0.2) is 36.4 Å². The molecule has 0 aliphatic rings. The van der Waals surface area contributed by atoms with Gasteiger partial charge in [0.2, 0.25) is 0 Å². The summed E-state index contributed by atoms with van der Waals surface area (Å²) in [6.07, 6.45) is -6.04. The summed E-state index contributed by atoms with van der Waals surface area (Å²) in [6, 6.07) is 9.78. The van der Waals surface area contributed by atoms with E-state index in [9.17, 15) is 30.6 Å². The predicted octanol–water partition coefficient (Wildman–Crippen LogP) is 0.843. The van der Waals surface area contributed by atoms with Crippen molar-refractivity contribution in [1.29, 1.82) is 0 Å². The number of hydrogen-bond donors (Lipinski definition) is 6. The third-order valence-corrected chi connectivity index (χ3v) is 6.67. The Hall–Kier alpha value is -2.60. The molecule has 0 saturated carbocycles. The van der Waals surface area contributed by atoms with E-state index in [-0.39, 0.29) is 12.8 Å². The molecule has 0 saturated heterocycles. The molecule has 2 rings (SSSR count). The van der Waals surface area contributed by atoms with Gasteiger partial charge < -0.3 is 49.6 Å². The van der Waals surface area contributed by atoms with Crippen molar-refractivity contribution in [3.8, 4) is 23.0 Å². The minimum absolute atomic E-state index is 0.0219. The van der Waals surface area contributed by atoms with Crippen LogP contribution in [0.4, 0.5) is 0 Å². The Balaban J connectivity index is 2.64. The van der Waals surface area contributed by atoms with E-state index < -0.39 is 42.5 Å². The molecule has 0 aromatic heterocycles. The molecule has 2 aromatic rings. The van der Waals surface area contributed by atoms with E-state index in [0.29, 0.717) is 40.5 Å². The van der Waals surface area contributed by atoms with Crippen LogP contribution in [0.5, 0.6) is 23.0 Å². The van der Waals surface area contributed by atoms with Gasteiger partial charge in [-0.05, 0) is 42.8 Å². The summed E-state index contributed by atoms with van der Waals surface area (Å²) >= 11 is 0. The molecule has 37 heavy (non-hydrogen) atoms. The van der Waals surface area contributed by atoms with Gasteiger partial charge in [-0.2, -0.15) is 0 Å². The van der Waals surface area contributed by atoms with Crippen LogP contribution in [0, 0.1) is 0 Å². The Morgan fingerprint density at radius 1 is 0.757 bits per heavy atom. The van der Waals surface area contributed by atoms with Crippen LogP contribution < -0.4 is 18.9 Å². The summed E-state index contributed by atoms with van der Waals surface area (Å²) in [6.45, 7) is 0.908. The van der Waals surface area contributed by atoms with Gasteiger partial charge in [-0.3, -0.25) is 0 Å². The number of benzene rings is 2. The van der Waals surface area contributed by atoms with Crippen LogP contribution in [-0.2, 0) is 12.8 Å². The van der Waals surface area contributed by atoms with Crippen molar-refractivity contribution < 1.29 is 49.6 Å². The highest BCUT2D eigenvalue weighted by molar-refractivity contribution is 5.43. The van der Waals surface area contributed by atoms with E-state index in [1.165, 1.54) is 28.4 Å². The highest BCUT2D eigenvalue weighted by Crippen LogP contribution is 2.39. The minimum atomic E-state index is -2.53. The van der Waals surface area contributed by atoms with Crippen LogP contribution in [0.1, 0.15) is 30.9 Å². The lowest BCUT2D eigenvalue weighted by Gasteiger charge is -2.46. The molecule has 10 nitrogen and oxygen atoms in total. The topological polar surface area (TPSA) is 158 Å². The second kappa shape index (κ2) is 13.3. The molecule has 2 aromatic carbocycles. The molecule has 0 radical (unpaired) electrons. The molecule has 208 valence electrons. The number of hydrogen-bond acceptors (Lipinski definition) is 10. The molecule has 5 atom stereocenters. The first-order valence-electron chi connectivity index (χ1n) is 12.0. The molecule has 0 aliphatic carbocycles. The van der Waals surface area contributed by atoms with Crippen LogP contribution in [-0.4, -0.2) is 95.2 Å². The van der Waals surface area contributed by atoms with Crippen molar-refractivity contribution in [3.05, 3.63) is 47.5 Å². The molecule has 0 fully saturated rings. The van der Waals surface area contributed by atoms with Crippen molar-refractivity contribution in [3.63, 3.8) is 0 Å². The van der Waals surface area contributed by atoms with Crippen LogP contribution in [0.3, 0.4) is 0 Å². The van der Waals surface area contributed by atoms with E-state index in [2.05, 4.69) is 0 Å². The predicted molar refractivity (Wildman–Crippen MR) is 136 cm³/mol. The van der Waals surface area contributed by atoms with Crippen molar-refractivity contribution in [1.82, 2.24) is 0 Å². The van der Waals surface area contributed by atoms with Gasteiger partial charge in [0.1, 0.15) is 46.9 Å². The van der Waals surface area contributed by atoms with Gasteiger partial charge in [0.15, 0.2) is 0 Å². The first kappa shape index (κ1) is 30.6. The van der Waals surface area contributed by atoms with Gasteiger partial charge in [0.25, 0.3) is 0 Å². The van der Waals surface area contributed by atoms with E-state index >= 15 is 0 Å². The first-order valence-corrected chi connectivity index (χ1v) is 12.0. The zero-order valence-corrected chi connectivity index (χ0v) is 22.0. The van der Waals surface area contributed by atoms with Crippen LogP contribution in [0.2, 0.25) is 0 Å². The number of methoxy groups -OCH3 is 4. The molecule has 0 spiro atoms. The zero-order chi connectivity index (χ0) is 27.8. The van der Waals surface area contributed by atoms with E-state index in [1.807, 2.05) is 0 Å². The smallest absolute Gasteiger partial charge is 0.126 e. The average Bonchev–Trinajstić information content (AvgIpc) is 2.91. The van der Waals surface area contributed by atoms with Crippen molar-refractivity contribution in [2.45, 2.75) is 62.1 Å². The number of rotatable bonds is 15. The Kier molecular flexibility index (Phi) is 11.0. The normalized spacial score (nSPS) is 17.2. The summed E-state index contributed by atoms with van der Waals surface area (Å²) < 4.78 is 21.4. The second-order valence-electron chi connectivity index (χ2n) is 9.15. The summed E-state index contributed by atoms with van der Waals surface area (Å²) in [5, 5.41) is 66.2. The van der Waals surface area contributed by atoms with Crippen molar-refractivity contribution >= 4 is 0 Å². The SMILES string of the molecule is CCCC(O)(Cc1cc(OC)ccc1OC)[C@@H](O)[C@@](O)(Cc1cc(OC)ccc1OC)[C@H](O)[C@@H](O)CO. The third-order valence-electron chi connectivity index (χ3n) is 6.67. The Morgan fingerprint density at radius 3 is 1.65 bits per heavy atom. The molecular weight excluding hydrogens is 484 g/mol. The summed E-state index contributed by atoms with van der Waals surface area (Å²) in [5.74, 6) is 1.67. The Bertz CT molecular complexity index is 999. The van der Waals surface area contributed by atoms with Gasteiger partial charge in [0.05, 0.1) is 40.6 Å². The first-order chi connectivity index (χ1) is 17.5. The number of ether oxygens (including phenoxy) is 4. The van der Waals surface area contributed by atoms with Crippen molar-refractivity contribution in [2.75, 3.05) is 35.0 Å². The lowest BCUT2D eigenvalue weighted by atomic mass is 9.71. The molecule has 0 aliphatic heterocycles. The maximum Gasteiger partial charge on any atom is 0.126 e. The van der Waals surface area contributed by atoms with Gasteiger partial charge in [-0.25, -0.2) is 0 Å². The second-order valence-corrected chi connectivity index (χ2v) is 9.15. The van der Waals surface area contributed by atoms with Crippen molar-refractivity contribution in [2.24, 2.45) is 0 Å². The van der Waals surface area contributed by atoms with Gasteiger partial charge in [-0.1, -0.05) is 13.3 Å². The Morgan fingerprint density at radius 2 is 1.24 bits per heavy atom. The monoisotopic (exact) mass is 524 g/mol.